The molecule has 0 bridgehead atoms. The van der Waals surface area contributed by atoms with E-state index in [2.05, 4.69) is 15.4 Å². The molecule has 1 aromatic heterocycles. The van der Waals surface area contributed by atoms with E-state index in [1.165, 1.54) is 6.33 Å². The standard InChI is InChI=1S/C9H8N4O2/c14-9(15)8(13-11-6-10-12-13)7-4-2-1-3-5-7/h1-6,8H,(H,14,15). The molecule has 0 saturated heterocycles. The number of rotatable bonds is 3. The maximum Gasteiger partial charge on any atom is 0.335 e. The van der Waals surface area contributed by atoms with Gasteiger partial charge in [0.2, 0.25) is 0 Å². The first-order valence-corrected chi connectivity index (χ1v) is 4.29. The summed E-state index contributed by atoms with van der Waals surface area (Å²) in [4.78, 5) is 12.1. The molecule has 0 aliphatic rings. The molecule has 0 fully saturated rings. The van der Waals surface area contributed by atoms with Crippen LogP contribution in [0.3, 0.4) is 0 Å². The molecule has 0 amide bonds. The van der Waals surface area contributed by atoms with Crippen molar-refractivity contribution >= 4 is 5.97 Å². The number of carboxylic acid groups (broad SMARTS) is 1. The molecule has 0 saturated carbocycles. The Morgan fingerprint density at radius 1 is 1.33 bits per heavy atom. The summed E-state index contributed by atoms with van der Waals surface area (Å²) in [5, 5.41) is 19.9. The van der Waals surface area contributed by atoms with Crippen molar-refractivity contribution in [3.05, 3.63) is 42.2 Å². The third kappa shape index (κ3) is 1.83. The molecule has 0 aliphatic carbocycles. The maximum atomic E-state index is 11.1. The van der Waals surface area contributed by atoms with Crippen molar-refractivity contribution in [2.24, 2.45) is 0 Å². The fourth-order valence-corrected chi connectivity index (χ4v) is 1.30. The fraction of sp³-hybridized carbons (Fsp3) is 0.111. The molecular weight excluding hydrogens is 196 g/mol. The van der Waals surface area contributed by atoms with Gasteiger partial charge in [-0.2, -0.15) is 0 Å². The van der Waals surface area contributed by atoms with Gasteiger partial charge in [0, 0.05) is 0 Å². The van der Waals surface area contributed by atoms with Gasteiger partial charge < -0.3 is 5.11 Å². The zero-order valence-corrected chi connectivity index (χ0v) is 7.69. The van der Waals surface area contributed by atoms with Crippen molar-refractivity contribution in [3.8, 4) is 0 Å². The van der Waals surface area contributed by atoms with Crippen LogP contribution in [0, 0.1) is 0 Å². The number of tetrazole rings is 1. The van der Waals surface area contributed by atoms with Crippen LogP contribution in [0.1, 0.15) is 11.6 Å². The minimum absolute atomic E-state index is 0.614. The molecule has 6 heteroatoms. The van der Waals surface area contributed by atoms with E-state index in [1.54, 1.807) is 24.3 Å². The first kappa shape index (κ1) is 9.32. The zero-order chi connectivity index (χ0) is 10.7. The number of hydrogen-bond donors (Lipinski definition) is 1. The lowest BCUT2D eigenvalue weighted by atomic mass is 10.1. The van der Waals surface area contributed by atoms with Gasteiger partial charge >= 0.3 is 5.97 Å². The summed E-state index contributed by atoms with van der Waals surface area (Å²) in [5.74, 6) is -1.01. The monoisotopic (exact) mass is 204 g/mol. The van der Waals surface area contributed by atoms with E-state index in [0.29, 0.717) is 5.56 Å². The van der Waals surface area contributed by atoms with Crippen molar-refractivity contribution in [2.75, 3.05) is 0 Å². The molecule has 2 aromatic rings. The predicted octanol–water partition coefficient (Wildman–Crippen LogP) is 0.347. The highest BCUT2D eigenvalue weighted by molar-refractivity contribution is 5.75. The minimum Gasteiger partial charge on any atom is -0.479 e. The van der Waals surface area contributed by atoms with Crippen LogP contribution < -0.4 is 0 Å². The van der Waals surface area contributed by atoms with Crippen molar-refractivity contribution in [2.45, 2.75) is 6.04 Å². The van der Waals surface area contributed by atoms with E-state index in [9.17, 15) is 4.79 Å². The molecule has 0 spiro atoms. The smallest absolute Gasteiger partial charge is 0.335 e. The van der Waals surface area contributed by atoms with E-state index in [0.717, 1.165) is 4.80 Å². The summed E-state index contributed by atoms with van der Waals surface area (Å²) in [6.07, 6.45) is 1.21. The Labute approximate surface area is 85.2 Å². The molecule has 1 heterocycles. The number of carbonyl (C=O) groups is 1. The number of carboxylic acids is 1. The molecule has 1 N–H and O–H groups in total. The van der Waals surface area contributed by atoms with Crippen LogP contribution in [0.2, 0.25) is 0 Å². The number of hydrogen-bond acceptors (Lipinski definition) is 4. The molecule has 15 heavy (non-hydrogen) atoms. The zero-order valence-electron chi connectivity index (χ0n) is 7.69. The fourth-order valence-electron chi connectivity index (χ4n) is 1.30. The van der Waals surface area contributed by atoms with Gasteiger partial charge in [0.25, 0.3) is 0 Å². The van der Waals surface area contributed by atoms with E-state index in [-0.39, 0.29) is 0 Å². The molecule has 1 aromatic carbocycles. The largest absolute Gasteiger partial charge is 0.479 e. The van der Waals surface area contributed by atoms with Gasteiger partial charge in [0.05, 0.1) is 0 Å². The Balaban J connectivity index is 2.42. The van der Waals surface area contributed by atoms with E-state index >= 15 is 0 Å². The topological polar surface area (TPSA) is 80.9 Å². The van der Waals surface area contributed by atoms with Gasteiger partial charge in [-0.15, -0.1) is 15.0 Å². The average molecular weight is 204 g/mol. The normalized spacial score (nSPS) is 12.3. The van der Waals surface area contributed by atoms with Crippen molar-refractivity contribution in [3.63, 3.8) is 0 Å². The van der Waals surface area contributed by atoms with Crippen LogP contribution in [0.5, 0.6) is 0 Å². The van der Waals surface area contributed by atoms with Crippen LogP contribution in [-0.2, 0) is 4.79 Å². The van der Waals surface area contributed by atoms with Crippen molar-refractivity contribution in [1.29, 1.82) is 0 Å². The van der Waals surface area contributed by atoms with E-state index in [1.807, 2.05) is 6.07 Å². The number of aromatic nitrogens is 4. The number of benzene rings is 1. The molecule has 6 nitrogen and oxygen atoms in total. The molecule has 0 aliphatic heterocycles. The lowest BCUT2D eigenvalue weighted by Gasteiger charge is -2.10. The Hall–Kier alpha value is -2.24. The second kappa shape index (κ2) is 3.87. The summed E-state index contributed by atoms with van der Waals surface area (Å²) < 4.78 is 0. The Kier molecular flexibility index (Phi) is 2.40. The highest BCUT2D eigenvalue weighted by atomic mass is 16.4. The summed E-state index contributed by atoms with van der Waals surface area (Å²) in [5.41, 5.74) is 0.614. The first-order chi connectivity index (χ1) is 7.29. The molecule has 76 valence electrons. The van der Waals surface area contributed by atoms with E-state index < -0.39 is 12.0 Å². The molecule has 1 unspecified atom stereocenters. The van der Waals surface area contributed by atoms with Crippen LogP contribution in [0.15, 0.2) is 36.7 Å². The SMILES string of the molecule is O=C(O)C(c1ccccc1)n1ncnn1. The van der Waals surface area contributed by atoms with Crippen LogP contribution >= 0.6 is 0 Å². The van der Waals surface area contributed by atoms with Gasteiger partial charge in [-0.25, -0.2) is 4.79 Å². The lowest BCUT2D eigenvalue weighted by Crippen LogP contribution is -2.22. The van der Waals surface area contributed by atoms with Crippen LogP contribution in [0.4, 0.5) is 0 Å². The third-order valence-corrected chi connectivity index (χ3v) is 1.95. The summed E-state index contributed by atoms with van der Waals surface area (Å²) in [6.45, 7) is 0. The van der Waals surface area contributed by atoms with Gasteiger partial charge in [0.1, 0.15) is 0 Å². The van der Waals surface area contributed by atoms with Gasteiger partial charge in [-0.3, -0.25) is 0 Å². The highest BCUT2D eigenvalue weighted by Gasteiger charge is 2.23. The quantitative estimate of drug-likeness (QED) is 0.780. The van der Waals surface area contributed by atoms with Crippen molar-refractivity contribution in [1.82, 2.24) is 20.2 Å². The number of aliphatic carboxylic acids is 1. The Morgan fingerprint density at radius 2 is 2.07 bits per heavy atom. The second-order valence-corrected chi connectivity index (χ2v) is 2.91. The Morgan fingerprint density at radius 3 is 2.60 bits per heavy atom. The van der Waals surface area contributed by atoms with Crippen LogP contribution in [-0.4, -0.2) is 31.3 Å². The van der Waals surface area contributed by atoms with Gasteiger partial charge in [-0.05, 0) is 10.8 Å². The second-order valence-electron chi connectivity index (χ2n) is 2.91. The maximum absolute atomic E-state index is 11.1. The van der Waals surface area contributed by atoms with Crippen LogP contribution in [0.25, 0.3) is 0 Å². The van der Waals surface area contributed by atoms with Crippen molar-refractivity contribution < 1.29 is 9.90 Å². The molecule has 1 atom stereocenters. The average Bonchev–Trinajstić information content (AvgIpc) is 2.72. The first-order valence-electron chi connectivity index (χ1n) is 4.29. The Bertz CT molecular complexity index is 440. The third-order valence-electron chi connectivity index (χ3n) is 1.95. The van der Waals surface area contributed by atoms with Gasteiger partial charge in [-0.1, -0.05) is 30.3 Å². The van der Waals surface area contributed by atoms with E-state index in [4.69, 9.17) is 5.11 Å². The van der Waals surface area contributed by atoms with Gasteiger partial charge in [0.15, 0.2) is 12.4 Å². The highest BCUT2D eigenvalue weighted by Crippen LogP contribution is 2.15. The molecular formula is C9H8N4O2. The summed E-state index contributed by atoms with van der Waals surface area (Å²) in [7, 11) is 0. The molecule has 0 radical (unpaired) electrons. The number of nitrogens with zero attached hydrogens (tertiary/aromatic N) is 4. The minimum atomic E-state index is -1.01. The lowest BCUT2D eigenvalue weighted by molar-refractivity contribution is -0.140. The summed E-state index contributed by atoms with van der Waals surface area (Å²) in [6, 6.07) is 7.85. The summed E-state index contributed by atoms with van der Waals surface area (Å²) >= 11 is 0. The molecule has 2 rings (SSSR count). The predicted molar refractivity (Wildman–Crippen MR) is 50.0 cm³/mol.